The van der Waals surface area contributed by atoms with Crippen LogP contribution in [0.4, 0.5) is 0 Å². The van der Waals surface area contributed by atoms with Crippen LogP contribution in [-0.4, -0.2) is 59.2 Å². The molecule has 6 unspecified atom stereocenters. The molecule has 0 heterocycles. The monoisotopic (exact) mass is 421 g/mol. The van der Waals surface area contributed by atoms with Crippen LogP contribution in [0.5, 0.6) is 0 Å². The molecule has 6 heteroatoms. The molecule has 0 aromatic rings. The molecule has 0 aromatic carbocycles. The Hall–Kier alpha value is -1.63. The molecule has 2 aliphatic rings. The van der Waals surface area contributed by atoms with Crippen LogP contribution >= 0.6 is 0 Å². The minimum absolute atomic E-state index is 0.0496. The van der Waals surface area contributed by atoms with Crippen molar-refractivity contribution in [2.75, 3.05) is 19.8 Å². The number of carbonyl (C=O) groups is 1. The second-order valence-corrected chi connectivity index (χ2v) is 8.63. The van der Waals surface area contributed by atoms with Gasteiger partial charge < -0.3 is 24.6 Å². The van der Waals surface area contributed by atoms with Crippen molar-refractivity contribution < 1.29 is 24.5 Å². The van der Waals surface area contributed by atoms with Gasteiger partial charge in [-0.3, -0.25) is 0 Å². The number of hydrogen-bond acceptors (Lipinski definition) is 6. The van der Waals surface area contributed by atoms with Crippen molar-refractivity contribution in [3.63, 3.8) is 0 Å². The van der Waals surface area contributed by atoms with Crippen molar-refractivity contribution in [1.82, 2.24) is 4.90 Å². The Balaban J connectivity index is 1.74. The maximum Gasteiger partial charge on any atom is 0.330 e. The van der Waals surface area contributed by atoms with Gasteiger partial charge in [-0.05, 0) is 82.0 Å². The van der Waals surface area contributed by atoms with E-state index in [0.29, 0.717) is 38.1 Å². The molecule has 2 saturated carbocycles. The summed E-state index contributed by atoms with van der Waals surface area (Å²) >= 11 is 0. The number of ether oxygens (including phenoxy) is 2. The highest BCUT2D eigenvalue weighted by Crippen LogP contribution is 2.33. The largest absolute Gasteiger partial charge is 0.463 e. The molecule has 0 radical (unpaired) electrons. The molecule has 0 aliphatic heterocycles. The first kappa shape index (κ1) is 24.6. The zero-order valence-electron chi connectivity index (χ0n) is 18.3. The van der Waals surface area contributed by atoms with Gasteiger partial charge in [0, 0.05) is 19.3 Å². The predicted molar refractivity (Wildman–Crippen MR) is 117 cm³/mol. The summed E-state index contributed by atoms with van der Waals surface area (Å²) in [5.74, 6) is 0.572. The molecular weight excluding hydrogens is 382 g/mol. The van der Waals surface area contributed by atoms with E-state index in [1.54, 1.807) is 6.20 Å². The van der Waals surface area contributed by atoms with Gasteiger partial charge in [-0.25, -0.2) is 4.79 Å². The zero-order valence-corrected chi connectivity index (χ0v) is 18.3. The number of rotatable bonds is 11. The number of carbonyl (C=O) groups excluding carboxylic acids is 1. The lowest BCUT2D eigenvalue weighted by atomic mass is 9.78. The molecule has 170 valence electrons. The first-order valence-electron chi connectivity index (χ1n) is 11.2. The summed E-state index contributed by atoms with van der Waals surface area (Å²) in [6.45, 7) is 10.9. The van der Waals surface area contributed by atoms with Crippen molar-refractivity contribution in [2.24, 2.45) is 17.8 Å². The Kier molecular flexibility index (Phi) is 10.6. The summed E-state index contributed by atoms with van der Waals surface area (Å²) in [4.78, 5) is 13.2. The van der Waals surface area contributed by atoms with E-state index in [9.17, 15) is 15.0 Å². The Bertz CT molecular complexity index is 578. The van der Waals surface area contributed by atoms with Crippen molar-refractivity contribution in [3.8, 4) is 0 Å². The molecule has 0 amide bonds. The third-order valence-corrected chi connectivity index (χ3v) is 6.46. The smallest absolute Gasteiger partial charge is 0.330 e. The maximum atomic E-state index is 11.2. The average Bonchev–Trinajstić information content (AvgIpc) is 2.75. The lowest BCUT2D eigenvalue weighted by Crippen LogP contribution is -2.43. The fourth-order valence-corrected chi connectivity index (χ4v) is 4.74. The maximum absolute atomic E-state index is 11.2. The van der Waals surface area contributed by atoms with E-state index in [1.807, 2.05) is 24.1 Å². The molecule has 30 heavy (non-hydrogen) atoms. The number of aliphatic hydroxyl groups excluding tert-OH is 2. The van der Waals surface area contributed by atoms with E-state index in [4.69, 9.17) is 9.47 Å². The third-order valence-electron chi connectivity index (χ3n) is 6.46. The highest BCUT2D eigenvalue weighted by atomic mass is 16.5. The van der Waals surface area contributed by atoms with Gasteiger partial charge in [0.15, 0.2) is 0 Å². The van der Waals surface area contributed by atoms with E-state index in [1.165, 1.54) is 0 Å². The molecule has 2 fully saturated rings. The van der Waals surface area contributed by atoms with E-state index in [-0.39, 0.29) is 24.2 Å². The lowest BCUT2D eigenvalue weighted by Gasteiger charge is -2.39. The SMILES string of the molecule is C=CC(=O)OCCC1CC(COCC2CCC(O)C(N(C=C)/C=C\C)C2)CCC1O. The van der Waals surface area contributed by atoms with Crippen LogP contribution in [0.25, 0.3) is 0 Å². The van der Waals surface area contributed by atoms with Gasteiger partial charge in [-0.2, -0.15) is 0 Å². The Morgan fingerprint density at radius 2 is 1.73 bits per heavy atom. The van der Waals surface area contributed by atoms with Crippen LogP contribution in [0, 0.1) is 17.8 Å². The molecular formula is C24H39NO5. The summed E-state index contributed by atoms with van der Waals surface area (Å²) in [5, 5.41) is 20.7. The van der Waals surface area contributed by atoms with Crippen LogP contribution in [-0.2, 0) is 14.3 Å². The van der Waals surface area contributed by atoms with Gasteiger partial charge in [0.1, 0.15) is 0 Å². The normalized spacial score (nSPS) is 32.0. The first-order valence-corrected chi connectivity index (χ1v) is 11.2. The molecule has 6 nitrogen and oxygen atoms in total. The van der Waals surface area contributed by atoms with E-state index in [0.717, 1.165) is 44.6 Å². The number of allylic oxidation sites excluding steroid dienone is 1. The number of nitrogens with zero attached hydrogens (tertiary/aromatic N) is 1. The van der Waals surface area contributed by atoms with Crippen LogP contribution in [0.1, 0.15) is 51.9 Å². The minimum Gasteiger partial charge on any atom is -0.463 e. The van der Waals surface area contributed by atoms with Crippen LogP contribution in [0.3, 0.4) is 0 Å². The summed E-state index contributed by atoms with van der Waals surface area (Å²) in [5.41, 5.74) is 0. The van der Waals surface area contributed by atoms with Crippen molar-refractivity contribution >= 4 is 5.97 Å². The number of aliphatic hydroxyl groups is 2. The highest BCUT2D eigenvalue weighted by molar-refractivity contribution is 5.81. The fraction of sp³-hybridized carbons (Fsp3) is 0.708. The predicted octanol–water partition coefficient (Wildman–Crippen LogP) is 3.41. The Morgan fingerprint density at radius 1 is 1.07 bits per heavy atom. The summed E-state index contributed by atoms with van der Waals surface area (Å²) in [7, 11) is 0. The van der Waals surface area contributed by atoms with E-state index in [2.05, 4.69) is 13.2 Å². The van der Waals surface area contributed by atoms with Crippen molar-refractivity contribution in [3.05, 3.63) is 37.7 Å². The second kappa shape index (κ2) is 12.9. The highest BCUT2D eigenvalue weighted by Gasteiger charge is 2.33. The lowest BCUT2D eigenvalue weighted by molar-refractivity contribution is -0.138. The quantitative estimate of drug-likeness (QED) is 0.393. The van der Waals surface area contributed by atoms with Gasteiger partial charge in [0.05, 0.1) is 24.9 Å². The van der Waals surface area contributed by atoms with Gasteiger partial charge in [0.2, 0.25) is 0 Å². The summed E-state index contributed by atoms with van der Waals surface area (Å²) < 4.78 is 11.2. The van der Waals surface area contributed by atoms with E-state index >= 15 is 0 Å². The van der Waals surface area contributed by atoms with Gasteiger partial charge in [-0.1, -0.05) is 19.2 Å². The summed E-state index contributed by atoms with van der Waals surface area (Å²) in [6, 6.07) is 0.0496. The Labute approximate surface area is 181 Å². The van der Waals surface area contributed by atoms with Crippen molar-refractivity contribution in [1.29, 1.82) is 0 Å². The van der Waals surface area contributed by atoms with Crippen molar-refractivity contribution in [2.45, 2.75) is 70.1 Å². The standard InChI is InChI=1S/C24H39NO5/c1-4-12-25(6-3)21-15-19(8-10-23(21)27)17-29-16-18-7-9-22(26)20(14-18)11-13-30-24(28)5-2/h4-6,12,18-23,26-27H,2-3,7-11,13-17H2,1H3/b12-4-. The van der Waals surface area contributed by atoms with Gasteiger partial charge in [0.25, 0.3) is 0 Å². The average molecular weight is 422 g/mol. The molecule has 0 spiro atoms. The van der Waals surface area contributed by atoms with Crippen LogP contribution < -0.4 is 0 Å². The molecule has 2 rings (SSSR count). The molecule has 2 N–H and O–H groups in total. The van der Waals surface area contributed by atoms with Gasteiger partial charge in [-0.15, -0.1) is 0 Å². The third kappa shape index (κ3) is 7.56. The van der Waals surface area contributed by atoms with Crippen LogP contribution in [0.15, 0.2) is 37.7 Å². The minimum atomic E-state index is -0.416. The topological polar surface area (TPSA) is 79.2 Å². The second-order valence-electron chi connectivity index (χ2n) is 8.63. The van der Waals surface area contributed by atoms with E-state index < -0.39 is 5.97 Å². The molecule has 0 bridgehead atoms. The molecule has 0 aromatic heterocycles. The Morgan fingerprint density at radius 3 is 2.37 bits per heavy atom. The summed E-state index contributed by atoms with van der Waals surface area (Å²) in [6.07, 6.45) is 12.1. The van der Waals surface area contributed by atoms with Crippen LogP contribution in [0.2, 0.25) is 0 Å². The molecule has 2 aliphatic carbocycles. The molecule has 6 atom stereocenters. The number of esters is 1. The first-order chi connectivity index (χ1) is 14.5. The van der Waals surface area contributed by atoms with Gasteiger partial charge >= 0.3 is 5.97 Å². The molecule has 0 saturated heterocycles. The number of hydrogen-bond donors (Lipinski definition) is 2. The zero-order chi connectivity index (χ0) is 21.9. The fourth-order valence-electron chi connectivity index (χ4n) is 4.74.